The van der Waals surface area contributed by atoms with Crippen LogP contribution in [-0.2, 0) is 9.53 Å². The summed E-state index contributed by atoms with van der Waals surface area (Å²) in [7, 11) is 1.52. The molecule has 70 valence electrons. The van der Waals surface area contributed by atoms with E-state index in [0.717, 1.165) is 13.1 Å². The van der Waals surface area contributed by atoms with Gasteiger partial charge in [0, 0.05) is 19.7 Å². The van der Waals surface area contributed by atoms with Gasteiger partial charge in [0.25, 0.3) is 0 Å². The molecule has 0 aromatic rings. The van der Waals surface area contributed by atoms with E-state index in [-0.39, 0.29) is 18.6 Å². The monoisotopic (exact) mass is 172 g/mol. The summed E-state index contributed by atoms with van der Waals surface area (Å²) in [6.45, 7) is 4.13. The number of rotatable bonds is 3. The quantitative estimate of drug-likeness (QED) is 0.595. The molecule has 1 rings (SSSR count). The fourth-order valence-electron chi connectivity index (χ4n) is 1.38. The van der Waals surface area contributed by atoms with E-state index in [1.54, 1.807) is 0 Å². The van der Waals surface area contributed by atoms with Gasteiger partial charge in [-0.25, -0.2) is 0 Å². The molecule has 1 aliphatic rings. The van der Waals surface area contributed by atoms with Crippen molar-refractivity contribution < 1.29 is 9.53 Å². The highest BCUT2D eigenvalue weighted by molar-refractivity contribution is 5.77. The number of carbonyl (C=O) groups is 1. The van der Waals surface area contributed by atoms with Gasteiger partial charge in [0.15, 0.2) is 0 Å². The zero-order chi connectivity index (χ0) is 8.97. The highest BCUT2D eigenvalue weighted by Crippen LogP contribution is 2.06. The average molecular weight is 172 g/mol. The molecule has 1 aliphatic heterocycles. The summed E-state index contributed by atoms with van der Waals surface area (Å²) in [5.41, 5.74) is 0. The van der Waals surface area contributed by atoms with E-state index < -0.39 is 0 Å². The normalized spacial score (nSPS) is 28.8. The van der Waals surface area contributed by atoms with Gasteiger partial charge < -0.3 is 15.4 Å². The topological polar surface area (TPSA) is 50.4 Å². The molecule has 2 unspecified atom stereocenters. The second-order valence-corrected chi connectivity index (χ2v) is 3.24. The molecule has 2 N–H and O–H groups in total. The molecule has 4 heteroatoms. The van der Waals surface area contributed by atoms with Gasteiger partial charge in [-0.3, -0.25) is 4.79 Å². The molecule has 2 atom stereocenters. The van der Waals surface area contributed by atoms with E-state index in [1.807, 2.05) is 0 Å². The predicted octanol–water partition coefficient (Wildman–Crippen LogP) is -0.643. The van der Waals surface area contributed by atoms with Crippen LogP contribution in [0.5, 0.6) is 0 Å². The Bertz CT molecular complexity index is 161. The van der Waals surface area contributed by atoms with Crippen LogP contribution in [-0.4, -0.2) is 38.8 Å². The summed E-state index contributed by atoms with van der Waals surface area (Å²) in [5, 5.41) is 6.12. The summed E-state index contributed by atoms with van der Waals surface area (Å²) in [6.07, 6.45) is 0. The third-order valence-corrected chi connectivity index (χ3v) is 2.14. The molecule has 12 heavy (non-hydrogen) atoms. The summed E-state index contributed by atoms with van der Waals surface area (Å²) in [4.78, 5) is 11.1. The molecule has 0 radical (unpaired) electrons. The Morgan fingerprint density at radius 2 is 2.42 bits per heavy atom. The van der Waals surface area contributed by atoms with Crippen LogP contribution in [0.25, 0.3) is 0 Å². The zero-order valence-corrected chi connectivity index (χ0v) is 7.59. The highest BCUT2D eigenvalue weighted by Gasteiger charge is 2.23. The Balaban J connectivity index is 2.25. The van der Waals surface area contributed by atoms with Gasteiger partial charge in [-0.1, -0.05) is 6.92 Å². The first-order valence-corrected chi connectivity index (χ1v) is 4.23. The van der Waals surface area contributed by atoms with Crippen LogP contribution < -0.4 is 10.6 Å². The Hall–Kier alpha value is -0.610. The SMILES string of the molecule is COCC(=O)NC1CNCC1C. The van der Waals surface area contributed by atoms with E-state index in [1.165, 1.54) is 7.11 Å². The molecule has 0 aromatic carbocycles. The number of carbonyl (C=O) groups excluding carboxylic acids is 1. The molecule has 0 saturated carbocycles. The van der Waals surface area contributed by atoms with E-state index in [4.69, 9.17) is 4.74 Å². The first kappa shape index (κ1) is 9.48. The van der Waals surface area contributed by atoms with Crippen LogP contribution in [0.1, 0.15) is 6.92 Å². The Morgan fingerprint density at radius 3 is 2.92 bits per heavy atom. The van der Waals surface area contributed by atoms with Gasteiger partial charge in [-0.2, -0.15) is 0 Å². The zero-order valence-electron chi connectivity index (χ0n) is 7.59. The third-order valence-electron chi connectivity index (χ3n) is 2.14. The van der Waals surface area contributed by atoms with E-state index in [2.05, 4.69) is 17.6 Å². The summed E-state index contributed by atoms with van der Waals surface area (Å²) in [5.74, 6) is 0.490. The molecule has 0 bridgehead atoms. The van der Waals surface area contributed by atoms with E-state index >= 15 is 0 Å². The molecule has 1 saturated heterocycles. The van der Waals surface area contributed by atoms with Gasteiger partial charge in [0.2, 0.25) is 5.91 Å². The van der Waals surface area contributed by atoms with Gasteiger partial charge in [-0.05, 0) is 12.5 Å². The maximum absolute atomic E-state index is 11.1. The first-order valence-electron chi connectivity index (χ1n) is 4.23. The molecule has 1 amide bonds. The van der Waals surface area contributed by atoms with Crippen molar-refractivity contribution in [3.63, 3.8) is 0 Å². The molecule has 4 nitrogen and oxygen atoms in total. The minimum absolute atomic E-state index is 0.0296. The summed E-state index contributed by atoms with van der Waals surface area (Å²) in [6, 6.07) is 0.271. The molecular weight excluding hydrogens is 156 g/mol. The van der Waals surface area contributed by atoms with Gasteiger partial charge in [-0.15, -0.1) is 0 Å². The molecule has 1 heterocycles. The Labute approximate surface area is 72.7 Å². The minimum Gasteiger partial charge on any atom is -0.375 e. The van der Waals surface area contributed by atoms with Gasteiger partial charge in [0.05, 0.1) is 0 Å². The second-order valence-electron chi connectivity index (χ2n) is 3.24. The maximum Gasteiger partial charge on any atom is 0.246 e. The number of hydrogen-bond acceptors (Lipinski definition) is 3. The first-order chi connectivity index (χ1) is 5.74. The van der Waals surface area contributed by atoms with E-state index in [9.17, 15) is 4.79 Å². The third kappa shape index (κ3) is 2.46. The van der Waals surface area contributed by atoms with Crippen LogP contribution in [0.15, 0.2) is 0 Å². The smallest absolute Gasteiger partial charge is 0.246 e. The molecule has 0 spiro atoms. The lowest BCUT2D eigenvalue weighted by molar-refractivity contribution is -0.125. The van der Waals surface area contributed by atoms with Gasteiger partial charge in [0.1, 0.15) is 6.61 Å². The lowest BCUT2D eigenvalue weighted by Gasteiger charge is -2.15. The number of amides is 1. The predicted molar refractivity (Wildman–Crippen MR) is 45.8 cm³/mol. The van der Waals surface area contributed by atoms with Crippen molar-refractivity contribution >= 4 is 5.91 Å². The largest absolute Gasteiger partial charge is 0.375 e. The molecular formula is C8H16N2O2. The lowest BCUT2D eigenvalue weighted by atomic mass is 10.1. The van der Waals surface area contributed by atoms with Crippen molar-refractivity contribution in [3.05, 3.63) is 0 Å². The van der Waals surface area contributed by atoms with Crippen LogP contribution >= 0.6 is 0 Å². The Morgan fingerprint density at radius 1 is 1.67 bits per heavy atom. The number of hydrogen-bond donors (Lipinski definition) is 2. The van der Waals surface area contributed by atoms with Crippen molar-refractivity contribution in [2.75, 3.05) is 26.8 Å². The molecule has 1 fully saturated rings. The summed E-state index contributed by atoms with van der Waals surface area (Å²) >= 11 is 0. The maximum atomic E-state index is 11.1. The van der Waals surface area contributed by atoms with Crippen molar-refractivity contribution in [3.8, 4) is 0 Å². The summed E-state index contributed by atoms with van der Waals surface area (Å²) < 4.78 is 4.72. The van der Waals surface area contributed by atoms with Crippen molar-refractivity contribution in [1.82, 2.24) is 10.6 Å². The van der Waals surface area contributed by atoms with Crippen LogP contribution in [0.2, 0.25) is 0 Å². The highest BCUT2D eigenvalue weighted by atomic mass is 16.5. The van der Waals surface area contributed by atoms with Crippen molar-refractivity contribution in [2.24, 2.45) is 5.92 Å². The van der Waals surface area contributed by atoms with Gasteiger partial charge >= 0.3 is 0 Å². The Kier molecular flexibility index (Phi) is 3.49. The fraction of sp³-hybridized carbons (Fsp3) is 0.875. The number of ether oxygens (including phenoxy) is 1. The van der Waals surface area contributed by atoms with Crippen LogP contribution in [0, 0.1) is 5.92 Å². The fourth-order valence-corrected chi connectivity index (χ4v) is 1.38. The molecule has 0 aliphatic carbocycles. The standard InChI is InChI=1S/C8H16N2O2/c1-6-3-9-4-7(6)10-8(11)5-12-2/h6-7,9H,3-5H2,1-2H3,(H,10,11). The number of methoxy groups -OCH3 is 1. The number of nitrogens with one attached hydrogen (secondary N) is 2. The second kappa shape index (κ2) is 4.42. The van der Waals surface area contributed by atoms with E-state index in [0.29, 0.717) is 5.92 Å². The van der Waals surface area contributed by atoms with Crippen LogP contribution in [0.3, 0.4) is 0 Å². The molecule has 0 aromatic heterocycles. The van der Waals surface area contributed by atoms with Crippen molar-refractivity contribution in [1.29, 1.82) is 0 Å². The minimum atomic E-state index is -0.0296. The average Bonchev–Trinajstić information content (AvgIpc) is 2.37. The van der Waals surface area contributed by atoms with Crippen LogP contribution in [0.4, 0.5) is 0 Å². The lowest BCUT2D eigenvalue weighted by Crippen LogP contribution is -2.41. The van der Waals surface area contributed by atoms with Crippen molar-refractivity contribution in [2.45, 2.75) is 13.0 Å².